The van der Waals surface area contributed by atoms with Crippen molar-refractivity contribution in [3.8, 4) is 0 Å². The summed E-state index contributed by atoms with van der Waals surface area (Å²) >= 11 is 4.98. The molecule has 0 aliphatic rings. The van der Waals surface area contributed by atoms with E-state index in [0.717, 1.165) is 16.3 Å². The fourth-order valence-electron chi connectivity index (χ4n) is 1.91. The third-order valence-corrected chi connectivity index (χ3v) is 2.84. The summed E-state index contributed by atoms with van der Waals surface area (Å²) in [5.41, 5.74) is 0.649. The number of hydrogen-bond acceptors (Lipinski definition) is 2. The molecule has 0 saturated heterocycles. The standard InChI is InChI=1S/C12H8N2OS/c15-11-9-6-5-7-3-1-2-4-8(7)10(9)13-12(16)14-11/h1-6H,(H2,13,14,15,16). The lowest BCUT2D eigenvalue weighted by molar-refractivity contribution is 1.14. The number of aromatic amines is 2. The van der Waals surface area contributed by atoms with Gasteiger partial charge in [-0.15, -0.1) is 0 Å². The van der Waals surface area contributed by atoms with Crippen molar-refractivity contribution in [2.24, 2.45) is 0 Å². The van der Waals surface area contributed by atoms with E-state index in [1.54, 1.807) is 0 Å². The van der Waals surface area contributed by atoms with E-state index in [1.165, 1.54) is 0 Å². The van der Waals surface area contributed by atoms with Crippen LogP contribution in [0.5, 0.6) is 0 Å². The number of hydrogen-bond donors (Lipinski definition) is 2. The molecule has 0 radical (unpaired) electrons. The topological polar surface area (TPSA) is 48.6 Å². The molecule has 0 unspecified atom stereocenters. The van der Waals surface area contributed by atoms with E-state index in [2.05, 4.69) is 9.97 Å². The fourth-order valence-corrected chi connectivity index (χ4v) is 2.11. The van der Waals surface area contributed by atoms with Gasteiger partial charge < -0.3 is 4.98 Å². The van der Waals surface area contributed by atoms with Gasteiger partial charge in [-0.05, 0) is 23.7 Å². The number of H-pyrrole nitrogens is 2. The first-order valence-electron chi connectivity index (χ1n) is 4.90. The Labute approximate surface area is 95.8 Å². The van der Waals surface area contributed by atoms with Crippen molar-refractivity contribution in [1.82, 2.24) is 9.97 Å². The lowest BCUT2D eigenvalue weighted by Crippen LogP contribution is -2.07. The molecule has 0 fully saturated rings. The minimum absolute atomic E-state index is 0.149. The van der Waals surface area contributed by atoms with Crippen molar-refractivity contribution in [3.63, 3.8) is 0 Å². The lowest BCUT2D eigenvalue weighted by Gasteiger charge is -2.02. The Kier molecular flexibility index (Phi) is 1.91. The molecule has 0 saturated carbocycles. The van der Waals surface area contributed by atoms with E-state index in [4.69, 9.17) is 12.2 Å². The minimum Gasteiger partial charge on any atom is -0.331 e. The maximum absolute atomic E-state index is 11.7. The third kappa shape index (κ3) is 1.27. The average Bonchev–Trinajstić information content (AvgIpc) is 2.28. The van der Waals surface area contributed by atoms with E-state index in [9.17, 15) is 4.79 Å². The molecular formula is C12H8N2OS. The zero-order valence-corrected chi connectivity index (χ0v) is 9.10. The van der Waals surface area contributed by atoms with E-state index in [-0.39, 0.29) is 5.56 Å². The molecule has 4 heteroatoms. The van der Waals surface area contributed by atoms with Gasteiger partial charge in [-0.2, -0.15) is 0 Å². The second-order valence-electron chi connectivity index (χ2n) is 3.62. The summed E-state index contributed by atoms with van der Waals surface area (Å²) in [4.78, 5) is 17.3. The summed E-state index contributed by atoms with van der Waals surface area (Å²) in [5, 5.41) is 2.73. The van der Waals surface area contributed by atoms with Crippen LogP contribution in [0.2, 0.25) is 0 Å². The Bertz CT molecular complexity index is 801. The molecule has 0 amide bonds. The average molecular weight is 228 g/mol. The van der Waals surface area contributed by atoms with Crippen LogP contribution in [-0.2, 0) is 0 Å². The van der Waals surface area contributed by atoms with E-state index in [1.807, 2.05) is 36.4 Å². The first kappa shape index (κ1) is 9.30. The van der Waals surface area contributed by atoms with Gasteiger partial charge >= 0.3 is 0 Å². The highest BCUT2D eigenvalue weighted by Crippen LogP contribution is 2.20. The van der Waals surface area contributed by atoms with Gasteiger partial charge in [-0.1, -0.05) is 30.3 Å². The zero-order chi connectivity index (χ0) is 11.1. The Morgan fingerprint density at radius 1 is 0.938 bits per heavy atom. The molecular weight excluding hydrogens is 220 g/mol. The quantitative estimate of drug-likeness (QED) is 0.459. The largest absolute Gasteiger partial charge is 0.331 e. The second kappa shape index (κ2) is 3.28. The van der Waals surface area contributed by atoms with E-state index in [0.29, 0.717) is 10.2 Å². The maximum atomic E-state index is 11.7. The highest BCUT2D eigenvalue weighted by molar-refractivity contribution is 7.71. The van der Waals surface area contributed by atoms with Gasteiger partial charge in [0, 0.05) is 5.39 Å². The second-order valence-corrected chi connectivity index (χ2v) is 4.03. The summed E-state index contributed by atoms with van der Waals surface area (Å²) in [7, 11) is 0. The molecule has 0 atom stereocenters. The van der Waals surface area contributed by atoms with Crippen LogP contribution in [0.25, 0.3) is 21.7 Å². The van der Waals surface area contributed by atoms with Crippen molar-refractivity contribution >= 4 is 33.9 Å². The molecule has 16 heavy (non-hydrogen) atoms. The normalized spacial score (nSPS) is 11.0. The monoisotopic (exact) mass is 228 g/mol. The van der Waals surface area contributed by atoms with Gasteiger partial charge in [-0.25, -0.2) is 0 Å². The van der Waals surface area contributed by atoms with Gasteiger partial charge in [0.25, 0.3) is 5.56 Å². The number of rotatable bonds is 0. The smallest absolute Gasteiger partial charge is 0.259 e. The molecule has 0 spiro atoms. The Morgan fingerprint density at radius 3 is 2.62 bits per heavy atom. The summed E-state index contributed by atoms with van der Waals surface area (Å²) in [5.74, 6) is 0. The first-order valence-corrected chi connectivity index (χ1v) is 5.30. The van der Waals surface area contributed by atoms with E-state index < -0.39 is 0 Å². The van der Waals surface area contributed by atoms with Crippen LogP contribution in [0.15, 0.2) is 41.2 Å². The van der Waals surface area contributed by atoms with Gasteiger partial charge in [0.05, 0.1) is 10.9 Å². The van der Waals surface area contributed by atoms with Gasteiger partial charge in [0.2, 0.25) is 0 Å². The Morgan fingerprint density at radius 2 is 1.75 bits per heavy atom. The van der Waals surface area contributed by atoms with Crippen LogP contribution in [0, 0.1) is 4.77 Å². The summed E-state index contributed by atoms with van der Waals surface area (Å²) < 4.78 is 0.355. The molecule has 3 nitrogen and oxygen atoms in total. The van der Waals surface area contributed by atoms with Crippen LogP contribution in [0.4, 0.5) is 0 Å². The highest BCUT2D eigenvalue weighted by atomic mass is 32.1. The van der Waals surface area contributed by atoms with Crippen molar-refractivity contribution in [3.05, 3.63) is 51.5 Å². The molecule has 1 heterocycles. The fraction of sp³-hybridized carbons (Fsp3) is 0. The van der Waals surface area contributed by atoms with Crippen molar-refractivity contribution in [1.29, 1.82) is 0 Å². The molecule has 2 N–H and O–H groups in total. The summed E-state index contributed by atoms with van der Waals surface area (Å²) in [6.07, 6.45) is 0. The van der Waals surface area contributed by atoms with Gasteiger partial charge in [0.15, 0.2) is 4.77 Å². The van der Waals surface area contributed by atoms with Crippen molar-refractivity contribution < 1.29 is 0 Å². The maximum Gasteiger partial charge on any atom is 0.259 e. The van der Waals surface area contributed by atoms with Gasteiger partial charge in [-0.3, -0.25) is 9.78 Å². The lowest BCUT2D eigenvalue weighted by atomic mass is 10.1. The van der Waals surface area contributed by atoms with Crippen LogP contribution in [0.3, 0.4) is 0 Å². The van der Waals surface area contributed by atoms with E-state index >= 15 is 0 Å². The Balaban J connectivity index is 2.70. The van der Waals surface area contributed by atoms with Crippen LogP contribution in [0.1, 0.15) is 0 Å². The molecule has 3 rings (SSSR count). The highest BCUT2D eigenvalue weighted by Gasteiger charge is 2.02. The van der Waals surface area contributed by atoms with Crippen LogP contribution in [-0.4, -0.2) is 9.97 Å². The number of nitrogens with one attached hydrogen (secondary N) is 2. The van der Waals surface area contributed by atoms with Crippen LogP contribution >= 0.6 is 12.2 Å². The zero-order valence-electron chi connectivity index (χ0n) is 8.28. The molecule has 78 valence electrons. The predicted molar refractivity (Wildman–Crippen MR) is 67.3 cm³/mol. The van der Waals surface area contributed by atoms with Gasteiger partial charge in [0.1, 0.15) is 0 Å². The SMILES string of the molecule is O=c1[nH]c(=S)[nH]c2c1ccc1ccccc12. The number of fused-ring (bicyclic) bond motifs is 3. The first-order chi connectivity index (χ1) is 7.75. The molecule has 3 aromatic rings. The molecule has 0 aliphatic heterocycles. The van der Waals surface area contributed by atoms with Crippen molar-refractivity contribution in [2.45, 2.75) is 0 Å². The minimum atomic E-state index is -0.149. The summed E-state index contributed by atoms with van der Waals surface area (Å²) in [6, 6.07) is 11.6. The number of benzene rings is 2. The molecule has 0 aliphatic carbocycles. The number of aromatic nitrogens is 2. The van der Waals surface area contributed by atoms with Crippen LogP contribution < -0.4 is 5.56 Å². The summed E-state index contributed by atoms with van der Waals surface area (Å²) in [6.45, 7) is 0. The van der Waals surface area contributed by atoms with Crippen molar-refractivity contribution in [2.75, 3.05) is 0 Å². The predicted octanol–water partition coefficient (Wildman–Crippen LogP) is 2.74. The molecule has 0 bridgehead atoms. The molecule has 1 aromatic heterocycles. The molecule has 2 aromatic carbocycles. The Hall–Kier alpha value is -1.94. The third-order valence-electron chi connectivity index (χ3n) is 2.64.